The molecule has 1 aromatic heterocycles. The zero-order valence-corrected chi connectivity index (χ0v) is 14.2. The maximum atomic E-state index is 13.1. The van der Waals surface area contributed by atoms with Crippen molar-refractivity contribution >= 4 is 6.03 Å². The van der Waals surface area contributed by atoms with E-state index in [0.29, 0.717) is 11.5 Å². The Morgan fingerprint density at radius 3 is 2.75 bits per heavy atom. The fraction of sp³-hybridized carbons (Fsp3) is 0.412. The van der Waals surface area contributed by atoms with Gasteiger partial charge in [0, 0.05) is 11.6 Å². The largest absolute Gasteiger partial charge is 0.489 e. The van der Waals surface area contributed by atoms with Gasteiger partial charge in [0.1, 0.15) is 23.4 Å². The molecule has 0 aliphatic carbocycles. The van der Waals surface area contributed by atoms with Gasteiger partial charge in [0.05, 0.1) is 18.3 Å². The molecule has 0 fully saturated rings. The molecule has 6 nitrogen and oxygen atoms in total. The molecular formula is C17H22FN3O3. The highest BCUT2D eigenvalue weighted by atomic mass is 19.1. The van der Waals surface area contributed by atoms with Crippen molar-refractivity contribution < 1.29 is 18.4 Å². The van der Waals surface area contributed by atoms with Crippen LogP contribution in [-0.2, 0) is 0 Å². The Balaban J connectivity index is 1.80. The normalized spacial score (nSPS) is 13.2. The van der Waals surface area contributed by atoms with Gasteiger partial charge >= 0.3 is 6.03 Å². The van der Waals surface area contributed by atoms with E-state index in [1.807, 2.05) is 13.8 Å². The third-order valence-electron chi connectivity index (χ3n) is 3.55. The molecule has 2 aromatic rings. The smallest absolute Gasteiger partial charge is 0.315 e. The highest BCUT2D eigenvalue weighted by Gasteiger charge is 2.18. The van der Waals surface area contributed by atoms with E-state index in [-0.39, 0.29) is 30.5 Å². The van der Waals surface area contributed by atoms with E-state index in [4.69, 9.17) is 9.26 Å². The monoisotopic (exact) mass is 335 g/mol. The number of hydrogen-bond donors (Lipinski definition) is 2. The Morgan fingerprint density at radius 1 is 1.38 bits per heavy atom. The molecule has 1 aromatic carbocycles. The van der Waals surface area contributed by atoms with Crippen molar-refractivity contribution in [1.82, 2.24) is 15.8 Å². The standard InChI is InChI=1S/C17H22FN3O3/c1-10(23-15-7-5-6-14(18)8-15)9-19-17(22)20-11(2)16-12(3)21-24-13(16)4/h5-8,10-11H,9H2,1-4H3,(H2,19,20,22)/t10-,11+/m0/s1. The summed E-state index contributed by atoms with van der Waals surface area (Å²) in [5.41, 5.74) is 1.62. The number of nitrogens with zero attached hydrogens (tertiary/aromatic N) is 1. The maximum absolute atomic E-state index is 13.1. The molecule has 0 radical (unpaired) electrons. The average Bonchev–Trinajstić information content (AvgIpc) is 2.84. The van der Waals surface area contributed by atoms with Crippen LogP contribution in [0, 0.1) is 19.7 Å². The molecule has 2 rings (SSSR count). The van der Waals surface area contributed by atoms with Crippen molar-refractivity contribution in [1.29, 1.82) is 0 Å². The van der Waals surface area contributed by atoms with Crippen LogP contribution in [0.3, 0.4) is 0 Å². The van der Waals surface area contributed by atoms with E-state index in [0.717, 1.165) is 11.3 Å². The van der Waals surface area contributed by atoms with E-state index >= 15 is 0 Å². The predicted molar refractivity (Wildman–Crippen MR) is 87.4 cm³/mol. The topological polar surface area (TPSA) is 76.4 Å². The number of nitrogens with one attached hydrogen (secondary N) is 2. The molecule has 0 aliphatic rings. The first-order valence-electron chi connectivity index (χ1n) is 7.76. The highest BCUT2D eigenvalue weighted by molar-refractivity contribution is 5.74. The zero-order chi connectivity index (χ0) is 17.7. The first-order valence-corrected chi connectivity index (χ1v) is 7.76. The van der Waals surface area contributed by atoms with Crippen LogP contribution in [0.1, 0.15) is 36.9 Å². The minimum atomic E-state index is -0.362. The molecule has 2 amide bonds. The van der Waals surface area contributed by atoms with E-state index in [1.54, 1.807) is 26.0 Å². The summed E-state index contributed by atoms with van der Waals surface area (Å²) in [7, 11) is 0. The summed E-state index contributed by atoms with van der Waals surface area (Å²) in [4.78, 5) is 12.0. The molecular weight excluding hydrogens is 313 g/mol. The number of carbonyl (C=O) groups excluding carboxylic acids is 1. The number of benzene rings is 1. The SMILES string of the molecule is Cc1noc(C)c1[C@@H](C)NC(=O)NC[C@H](C)Oc1cccc(F)c1. The number of ether oxygens (including phenoxy) is 1. The number of halogens is 1. The lowest BCUT2D eigenvalue weighted by atomic mass is 10.1. The lowest BCUT2D eigenvalue weighted by Gasteiger charge is -2.18. The summed E-state index contributed by atoms with van der Waals surface area (Å²) in [6.07, 6.45) is -0.299. The summed E-state index contributed by atoms with van der Waals surface area (Å²) in [6, 6.07) is 5.34. The van der Waals surface area contributed by atoms with Gasteiger partial charge < -0.3 is 19.9 Å². The molecule has 24 heavy (non-hydrogen) atoms. The van der Waals surface area contributed by atoms with Crippen LogP contribution in [0.15, 0.2) is 28.8 Å². The van der Waals surface area contributed by atoms with Crippen LogP contribution in [0.25, 0.3) is 0 Å². The number of amides is 2. The molecule has 0 aliphatic heterocycles. The van der Waals surface area contributed by atoms with Crippen molar-refractivity contribution in [2.75, 3.05) is 6.54 Å². The van der Waals surface area contributed by atoms with Crippen molar-refractivity contribution in [2.45, 2.75) is 39.8 Å². The number of aryl methyl sites for hydroxylation is 2. The van der Waals surface area contributed by atoms with Gasteiger partial charge in [-0.2, -0.15) is 0 Å². The third kappa shape index (κ3) is 4.71. The van der Waals surface area contributed by atoms with E-state index in [9.17, 15) is 9.18 Å². The number of aromatic nitrogens is 1. The van der Waals surface area contributed by atoms with Gasteiger partial charge in [-0.05, 0) is 39.8 Å². The summed E-state index contributed by atoms with van der Waals surface area (Å²) < 4.78 is 23.8. The Kier molecular flexibility index (Phi) is 5.78. The fourth-order valence-electron chi connectivity index (χ4n) is 2.48. The Morgan fingerprint density at radius 2 is 2.12 bits per heavy atom. The summed E-state index contributed by atoms with van der Waals surface area (Å²) >= 11 is 0. The lowest BCUT2D eigenvalue weighted by Crippen LogP contribution is -2.41. The quantitative estimate of drug-likeness (QED) is 0.849. The first-order chi connectivity index (χ1) is 11.4. The van der Waals surface area contributed by atoms with Gasteiger partial charge in [0.15, 0.2) is 0 Å². The summed E-state index contributed by atoms with van der Waals surface area (Å²) in [5.74, 6) is 0.746. The van der Waals surface area contributed by atoms with Gasteiger partial charge in [-0.1, -0.05) is 11.2 Å². The van der Waals surface area contributed by atoms with E-state index in [1.165, 1.54) is 12.1 Å². The number of rotatable bonds is 6. The van der Waals surface area contributed by atoms with Gasteiger partial charge in [0.25, 0.3) is 0 Å². The highest BCUT2D eigenvalue weighted by Crippen LogP contribution is 2.20. The second-order valence-corrected chi connectivity index (χ2v) is 5.70. The zero-order valence-electron chi connectivity index (χ0n) is 14.2. The average molecular weight is 335 g/mol. The number of carbonyl (C=O) groups is 1. The minimum absolute atomic E-state index is 0.226. The number of urea groups is 1. The van der Waals surface area contributed by atoms with Crippen LogP contribution in [0.5, 0.6) is 5.75 Å². The predicted octanol–water partition coefficient (Wildman–Crippen LogP) is 3.26. The van der Waals surface area contributed by atoms with E-state index < -0.39 is 0 Å². The molecule has 130 valence electrons. The van der Waals surface area contributed by atoms with Crippen molar-refractivity contribution in [3.05, 3.63) is 47.1 Å². The number of hydrogen-bond acceptors (Lipinski definition) is 4. The lowest BCUT2D eigenvalue weighted by molar-refractivity contribution is 0.206. The van der Waals surface area contributed by atoms with Crippen LogP contribution in [-0.4, -0.2) is 23.8 Å². The molecule has 1 heterocycles. The second kappa shape index (κ2) is 7.81. The Bertz CT molecular complexity index is 683. The van der Waals surface area contributed by atoms with Crippen LogP contribution < -0.4 is 15.4 Å². The van der Waals surface area contributed by atoms with Gasteiger partial charge in [-0.25, -0.2) is 9.18 Å². The molecule has 0 bridgehead atoms. The molecule has 0 saturated heterocycles. The molecule has 0 spiro atoms. The maximum Gasteiger partial charge on any atom is 0.315 e. The molecule has 2 atom stereocenters. The van der Waals surface area contributed by atoms with Crippen molar-refractivity contribution in [2.24, 2.45) is 0 Å². The Hall–Kier alpha value is -2.57. The Labute approximate surface area is 140 Å². The van der Waals surface area contributed by atoms with Gasteiger partial charge in [0.2, 0.25) is 0 Å². The van der Waals surface area contributed by atoms with Gasteiger partial charge in [-0.15, -0.1) is 0 Å². The van der Waals surface area contributed by atoms with Crippen LogP contribution in [0.2, 0.25) is 0 Å². The van der Waals surface area contributed by atoms with E-state index in [2.05, 4.69) is 15.8 Å². The molecule has 7 heteroatoms. The molecule has 0 saturated carbocycles. The van der Waals surface area contributed by atoms with Crippen LogP contribution in [0.4, 0.5) is 9.18 Å². The molecule has 0 unspecified atom stereocenters. The third-order valence-corrected chi connectivity index (χ3v) is 3.55. The van der Waals surface area contributed by atoms with Crippen molar-refractivity contribution in [3.8, 4) is 5.75 Å². The first kappa shape index (κ1) is 17.8. The molecule has 2 N–H and O–H groups in total. The van der Waals surface area contributed by atoms with Gasteiger partial charge in [-0.3, -0.25) is 0 Å². The van der Waals surface area contributed by atoms with Crippen LogP contribution >= 0.6 is 0 Å². The summed E-state index contributed by atoms with van der Waals surface area (Å²) in [5, 5.41) is 9.43. The van der Waals surface area contributed by atoms with Crippen molar-refractivity contribution in [3.63, 3.8) is 0 Å². The fourth-order valence-corrected chi connectivity index (χ4v) is 2.48. The second-order valence-electron chi connectivity index (χ2n) is 5.70. The summed E-state index contributed by atoms with van der Waals surface area (Å²) in [6.45, 7) is 7.58. The minimum Gasteiger partial charge on any atom is -0.489 e.